The minimum atomic E-state index is 0.0698. The van der Waals surface area contributed by atoms with Gasteiger partial charge in [-0.05, 0) is 36.3 Å². The number of aliphatic hydroxyl groups excluding tert-OH is 1. The highest BCUT2D eigenvalue weighted by Gasteiger charge is 2.23. The van der Waals surface area contributed by atoms with Crippen LogP contribution >= 0.6 is 0 Å². The van der Waals surface area contributed by atoms with Crippen molar-refractivity contribution in [3.8, 4) is 0 Å². The second-order valence-corrected chi connectivity index (χ2v) is 5.69. The fourth-order valence-corrected chi connectivity index (χ4v) is 2.35. The summed E-state index contributed by atoms with van der Waals surface area (Å²) in [6.45, 7) is 6.94. The molecule has 0 bridgehead atoms. The molecule has 0 aromatic carbocycles. The van der Waals surface area contributed by atoms with Crippen molar-refractivity contribution in [1.82, 2.24) is 4.98 Å². The van der Waals surface area contributed by atoms with Crippen molar-refractivity contribution in [2.24, 2.45) is 5.41 Å². The zero-order chi connectivity index (χ0) is 12.3. The van der Waals surface area contributed by atoms with E-state index in [2.05, 4.69) is 23.7 Å². The maximum Gasteiger partial charge on any atom is 0.128 e. The quantitative estimate of drug-likeness (QED) is 0.854. The molecule has 0 unspecified atom stereocenters. The van der Waals surface area contributed by atoms with E-state index in [0.717, 1.165) is 24.5 Å². The van der Waals surface area contributed by atoms with Gasteiger partial charge in [0.25, 0.3) is 0 Å². The molecule has 1 aromatic heterocycles. The standard InChI is InChI=1S/C14H22N2O/c1-14(2)6-3-8-16(9-7-14)13-5-4-12(11-17)10-15-13/h4-5,10,17H,3,6-9,11H2,1-2H3. The Balaban J connectivity index is 2.06. The minimum Gasteiger partial charge on any atom is -0.392 e. The Kier molecular flexibility index (Phi) is 3.67. The predicted octanol–water partition coefficient (Wildman–Crippen LogP) is 2.59. The molecule has 1 saturated heterocycles. The van der Waals surface area contributed by atoms with Gasteiger partial charge in [0.1, 0.15) is 5.82 Å². The normalized spacial score (nSPS) is 20.1. The first kappa shape index (κ1) is 12.4. The van der Waals surface area contributed by atoms with Crippen LogP contribution in [0.4, 0.5) is 5.82 Å². The number of nitrogens with zero attached hydrogens (tertiary/aromatic N) is 2. The van der Waals surface area contributed by atoms with Crippen LogP contribution in [0.1, 0.15) is 38.7 Å². The molecule has 94 valence electrons. The SMILES string of the molecule is CC1(C)CCCN(c2ccc(CO)cn2)CC1. The lowest BCUT2D eigenvalue weighted by atomic mass is 9.85. The van der Waals surface area contributed by atoms with Crippen molar-refractivity contribution < 1.29 is 5.11 Å². The number of rotatable bonds is 2. The fraction of sp³-hybridized carbons (Fsp3) is 0.643. The highest BCUT2D eigenvalue weighted by molar-refractivity contribution is 5.39. The van der Waals surface area contributed by atoms with E-state index < -0.39 is 0 Å². The van der Waals surface area contributed by atoms with E-state index in [1.165, 1.54) is 19.3 Å². The highest BCUT2D eigenvalue weighted by atomic mass is 16.3. The van der Waals surface area contributed by atoms with E-state index in [-0.39, 0.29) is 6.61 Å². The first-order chi connectivity index (χ1) is 8.11. The summed E-state index contributed by atoms with van der Waals surface area (Å²) in [7, 11) is 0. The summed E-state index contributed by atoms with van der Waals surface area (Å²) >= 11 is 0. The van der Waals surface area contributed by atoms with Crippen molar-refractivity contribution in [2.75, 3.05) is 18.0 Å². The van der Waals surface area contributed by atoms with Crippen LogP contribution in [-0.4, -0.2) is 23.2 Å². The molecule has 1 aromatic rings. The third kappa shape index (κ3) is 3.19. The van der Waals surface area contributed by atoms with Gasteiger partial charge in [-0.3, -0.25) is 0 Å². The van der Waals surface area contributed by atoms with Gasteiger partial charge in [0, 0.05) is 19.3 Å². The fourth-order valence-electron chi connectivity index (χ4n) is 2.35. The van der Waals surface area contributed by atoms with Crippen LogP contribution in [0.15, 0.2) is 18.3 Å². The molecular weight excluding hydrogens is 212 g/mol. The number of hydrogen-bond donors (Lipinski definition) is 1. The summed E-state index contributed by atoms with van der Waals surface area (Å²) in [5, 5.41) is 9.00. The summed E-state index contributed by atoms with van der Waals surface area (Å²) in [6.07, 6.45) is 5.51. The molecule has 0 atom stereocenters. The number of aliphatic hydroxyl groups is 1. The van der Waals surface area contributed by atoms with Gasteiger partial charge >= 0.3 is 0 Å². The van der Waals surface area contributed by atoms with Crippen molar-refractivity contribution in [3.05, 3.63) is 23.9 Å². The van der Waals surface area contributed by atoms with Gasteiger partial charge < -0.3 is 10.0 Å². The molecule has 1 fully saturated rings. The van der Waals surface area contributed by atoms with Crippen LogP contribution in [-0.2, 0) is 6.61 Å². The predicted molar refractivity (Wildman–Crippen MR) is 70.0 cm³/mol. The van der Waals surface area contributed by atoms with Gasteiger partial charge in [0.2, 0.25) is 0 Å². The Morgan fingerprint density at radius 3 is 2.76 bits per heavy atom. The maximum absolute atomic E-state index is 9.00. The highest BCUT2D eigenvalue weighted by Crippen LogP contribution is 2.31. The van der Waals surface area contributed by atoms with Crippen LogP contribution in [0.2, 0.25) is 0 Å². The van der Waals surface area contributed by atoms with Gasteiger partial charge in [0.05, 0.1) is 6.61 Å². The molecular formula is C14H22N2O. The summed E-state index contributed by atoms with van der Waals surface area (Å²) in [6, 6.07) is 3.97. The first-order valence-corrected chi connectivity index (χ1v) is 6.41. The lowest BCUT2D eigenvalue weighted by molar-refractivity contribution is 0.281. The molecule has 0 saturated carbocycles. The van der Waals surface area contributed by atoms with E-state index in [1.54, 1.807) is 6.20 Å². The molecule has 2 heterocycles. The van der Waals surface area contributed by atoms with Gasteiger partial charge in [-0.25, -0.2) is 4.98 Å². The second-order valence-electron chi connectivity index (χ2n) is 5.69. The Bertz CT molecular complexity index is 359. The number of pyridine rings is 1. The lowest BCUT2D eigenvalue weighted by Crippen LogP contribution is -2.25. The topological polar surface area (TPSA) is 36.4 Å². The average molecular weight is 234 g/mol. The van der Waals surface area contributed by atoms with Crippen LogP contribution in [0.5, 0.6) is 0 Å². The van der Waals surface area contributed by atoms with E-state index in [1.807, 2.05) is 12.1 Å². The number of anilines is 1. The monoisotopic (exact) mass is 234 g/mol. The summed E-state index contributed by atoms with van der Waals surface area (Å²) in [5.74, 6) is 1.04. The van der Waals surface area contributed by atoms with Crippen molar-refractivity contribution >= 4 is 5.82 Å². The largest absolute Gasteiger partial charge is 0.392 e. The summed E-state index contributed by atoms with van der Waals surface area (Å²) in [4.78, 5) is 6.79. The average Bonchev–Trinajstić information content (AvgIpc) is 2.50. The molecule has 3 nitrogen and oxygen atoms in total. The van der Waals surface area contributed by atoms with Gasteiger partial charge in [0.15, 0.2) is 0 Å². The van der Waals surface area contributed by atoms with Crippen LogP contribution < -0.4 is 4.90 Å². The van der Waals surface area contributed by atoms with E-state index in [0.29, 0.717) is 5.41 Å². The smallest absolute Gasteiger partial charge is 0.128 e. The number of aromatic nitrogens is 1. The second kappa shape index (κ2) is 5.05. The zero-order valence-electron chi connectivity index (χ0n) is 10.8. The van der Waals surface area contributed by atoms with Crippen LogP contribution in [0.25, 0.3) is 0 Å². The molecule has 17 heavy (non-hydrogen) atoms. The Labute approximate surface area is 103 Å². The Hall–Kier alpha value is -1.09. The van der Waals surface area contributed by atoms with Gasteiger partial charge in [-0.15, -0.1) is 0 Å². The van der Waals surface area contributed by atoms with Crippen molar-refractivity contribution in [1.29, 1.82) is 0 Å². The molecule has 1 aliphatic rings. The molecule has 0 spiro atoms. The van der Waals surface area contributed by atoms with E-state index in [4.69, 9.17) is 5.11 Å². The molecule has 0 radical (unpaired) electrons. The Morgan fingerprint density at radius 1 is 1.29 bits per heavy atom. The number of hydrogen-bond acceptors (Lipinski definition) is 3. The van der Waals surface area contributed by atoms with Crippen LogP contribution in [0.3, 0.4) is 0 Å². The van der Waals surface area contributed by atoms with Crippen LogP contribution in [0, 0.1) is 5.41 Å². The van der Waals surface area contributed by atoms with Crippen molar-refractivity contribution in [3.63, 3.8) is 0 Å². The zero-order valence-corrected chi connectivity index (χ0v) is 10.8. The molecule has 1 aliphatic heterocycles. The Morgan fingerprint density at radius 2 is 2.12 bits per heavy atom. The molecule has 2 rings (SSSR count). The summed E-state index contributed by atoms with van der Waals surface area (Å²) < 4.78 is 0. The molecule has 3 heteroatoms. The van der Waals surface area contributed by atoms with E-state index in [9.17, 15) is 0 Å². The van der Waals surface area contributed by atoms with Gasteiger partial charge in [-0.1, -0.05) is 19.9 Å². The van der Waals surface area contributed by atoms with Crippen molar-refractivity contribution in [2.45, 2.75) is 39.7 Å². The third-order valence-corrected chi connectivity index (χ3v) is 3.66. The molecule has 1 N–H and O–H groups in total. The maximum atomic E-state index is 9.00. The molecule has 0 aliphatic carbocycles. The minimum absolute atomic E-state index is 0.0698. The first-order valence-electron chi connectivity index (χ1n) is 6.41. The molecule has 0 amide bonds. The summed E-state index contributed by atoms with van der Waals surface area (Å²) in [5.41, 5.74) is 1.34. The lowest BCUT2D eigenvalue weighted by Gasteiger charge is -2.24. The third-order valence-electron chi connectivity index (χ3n) is 3.66. The van der Waals surface area contributed by atoms with E-state index >= 15 is 0 Å². The van der Waals surface area contributed by atoms with Gasteiger partial charge in [-0.2, -0.15) is 0 Å².